The summed E-state index contributed by atoms with van der Waals surface area (Å²) in [5.74, 6) is 0.0516. The van der Waals surface area contributed by atoms with Gasteiger partial charge in [-0.25, -0.2) is 19.4 Å². The van der Waals surface area contributed by atoms with Crippen LogP contribution in [0, 0.1) is 0 Å². The summed E-state index contributed by atoms with van der Waals surface area (Å²) < 4.78 is 41.5. The number of nitrogens with zero attached hydrogens (tertiary/aromatic N) is 7. The van der Waals surface area contributed by atoms with Gasteiger partial charge in [-0.3, -0.25) is 9.36 Å². The molecule has 3 aromatic heterocycles. The van der Waals surface area contributed by atoms with Crippen molar-refractivity contribution in [1.29, 1.82) is 0 Å². The Kier molecular flexibility index (Phi) is 6.53. The van der Waals surface area contributed by atoms with Crippen molar-refractivity contribution in [2.24, 2.45) is 0 Å². The Balaban J connectivity index is 1.74. The number of aromatic nitrogens is 7. The monoisotopic (exact) mass is 511 g/mol. The van der Waals surface area contributed by atoms with Gasteiger partial charge in [0.2, 0.25) is 0 Å². The molecule has 0 aliphatic rings. The van der Waals surface area contributed by atoms with E-state index in [0.29, 0.717) is 16.9 Å². The largest absolute Gasteiger partial charge is 0.390 e. The van der Waals surface area contributed by atoms with Crippen LogP contribution in [0.1, 0.15) is 22.9 Å². The first-order valence-corrected chi connectivity index (χ1v) is 10.4. The standard InChI is InChI=1S/C20H14Cl2F3N7O2/c21-13-5-3-12(4-6-13)17-29-31(19(34)30(17)9-7-20(23,24)25)10-15-27-16(11-33)32(28-15)18-14(22)2-1-8-26-18/h1-6,8,11H,7,9-10H2. The molecule has 0 atom stereocenters. The highest BCUT2D eigenvalue weighted by Crippen LogP contribution is 2.23. The van der Waals surface area contributed by atoms with E-state index >= 15 is 0 Å². The van der Waals surface area contributed by atoms with Gasteiger partial charge in [0.1, 0.15) is 6.54 Å². The topological polar surface area (TPSA) is 100 Å². The first kappa shape index (κ1) is 23.6. The van der Waals surface area contributed by atoms with E-state index in [1.807, 2.05) is 0 Å². The molecule has 176 valence electrons. The van der Waals surface area contributed by atoms with E-state index in [1.165, 1.54) is 18.3 Å². The summed E-state index contributed by atoms with van der Waals surface area (Å²) in [6, 6.07) is 9.29. The van der Waals surface area contributed by atoms with E-state index in [1.54, 1.807) is 24.3 Å². The van der Waals surface area contributed by atoms with Crippen LogP contribution in [-0.2, 0) is 13.1 Å². The Morgan fingerprint density at radius 1 is 1.06 bits per heavy atom. The van der Waals surface area contributed by atoms with Gasteiger partial charge in [0, 0.05) is 23.3 Å². The van der Waals surface area contributed by atoms with E-state index in [9.17, 15) is 22.8 Å². The molecule has 14 heteroatoms. The van der Waals surface area contributed by atoms with Crippen molar-refractivity contribution >= 4 is 29.5 Å². The minimum absolute atomic E-state index is 0.00838. The highest BCUT2D eigenvalue weighted by molar-refractivity contribution is 6.32. The predicted octanol–water partition coefficient (Wildman–Crippen LogP) is 3.81. The van der Waals surface area contributed by atoms with Crippen molar-refractivity contribution < 1.29 is 18.0 Å². The molecule has 4 rings (SSSR count). The van der Waals surface area contributed by atoms with E-state index in [0.717, 1.165) is 13.9 Å². The summed E-state index contributed by atoms with van der Waals surface area (Å²) in [5, 5.41) is 9.00. The molecule has 1 aromatic carbocycles. The number of hydrogen-bond donors (Lipinski definition) is 0. The number of alkyl halides is 3. The van der Waals surface area contributed by atoms with Crippen LogP contribution in [0.25, 0.3) is 17.2 Å². The quantitative estimate of drug-likeness (QED) is 0.349. The summed E-state index contributed by atoms with van der Waals surface area (Å²) in [7, 11) is 0. The lowest BCUT2D eigenvalue weighted by Crippen LogP contribution is -2.27. The number of carbonyl (C=O) groups is 1. The molecule has 0 radical (unpaired) electrons. The van der Waals surface area contributed by atoms with Gasteiger partial charge in [0.15, 0.2) is 29.6 Å². The normalized spacial score (nSPS) is 11.7. The fourth-order valence-electron chi connectivity index (χ4n) is 3.13. The summed E-state index contributed by atoms with van der Waals surface area (Å²) in [6.07, 6.45) is -3.81. The van der Waals surface area contributed by atoms with Crippen molar-refractivity contribution in [2.45, 2.75) is 25.7 Å². The molecule has 0 unspecified atom stereocenters. The molecule has 0 N–H and O–H groups in total. The Morgan fingerprint density at radius 2 is 1.79 bits per heavy atom. The van der Waals surface area contributed by atoms with Gasteiger partial charge in [-0.15, -0.1) is 10.2 Å². The second kappa shape index (κ2) is 9.39. The minimum Gasteiger partial charge on any atom is -0.294 e. The molecule has 9 nitrogen and oxygen atoms in total. The second-order valence-electron chi connectivity index (χ2n) is 7.01. The van der Waals surface area contributed by atoms with Crippen LogP contribution in [0.3, 0.4) is 0 Å². The third kappa shape index (κ3) is 5.02. The molecule has 4 aromatic rings. The lowest BCUT2D eigenvalue weighted by molar-refractivity contribution is -0.136. The molecule has 0 aliphatic heterocycles. The first-order chi connectivity index (χ1) is 16.2. The van der Waals surface area contributed by atoms with E-state index in [2.05, 4.69) is 20.2 Å². The zero-order valence-corrected chi connectivity index (χ0v) is 18.6. The Bertz CT molecular complexity index is 1390. The van der Waals surface area contributed by atoms with Crippen LogP contribution < -0.4 is 5.69 Å². The number of hydrogen-bond acceptors (Lipinski definition) is 6. The van der Waals surface area contributed by atoms with Crippen LogP contribution in [0.2, 0.25) is 10.0 Å². The summed E-state index contributed by atoms with van der Waals surface area (Å²) >= 11 is 12.0. The SMILES string of the molecule is O=Cc1nc(Cn2nc(-c3ccc(Cl)cc3)n(CCC(F)(F)F)c2=O)nn1-c1ncccc1Cl. The number of aldehydes is 1. The molecule has 0 saturated heterocycles. The first-order valence-electron chi connectivity index (χ1n) is 9.68. The lowest BCUT2D eigenvalue weighted by Gasteiger charge is -2.08. The Labute approximate surface area is 199 Å². The van der Waals surface area contributed by atoms with Crippen molar-refractivity contribution in [3.8, 4) is 17.2 Å². The zero-order valence-electron chi connectivity index (χ0n) is 17.1. The maximum absolute atomic E-state index is 12.9. The molecular formula is C20H14Cl2F3N7O2. The zero-order chi connectivity index (χ0) is 24.5. The Hall–Kier alpha value is -3.51. The van der Waals surface area contributed by atoms with Gasteiger partial charge in [0.25, 0.3) is 0 Å². The fourth-order valence-corrected chi connectivity index (χ4v) is 3.46. The number of benzene rings is 1. The van der Waals surface area contributed by atoms with Gasteiger partial charge in [-0.1, -0.05) is 23.2 Å². The van der Waals surface area contributed by atoms with Crippen molar-refractivity contribution in [1.82, 2.24) is 34.1 Å². The maximum Gasteiger partial charge on any atom is 0.390 e. The number of rotatable bonds is 7. The van der Waals surface area contributed by atoms with Crippen molar-refractivity contribution in [3.05, 3.63) is 74.8 Å². The van der Waals surface area contributed by atoms with Gasteiger partial charge in [0.05, 0.1) is 11.4 Å². The average molecular weight is 512 g/mol. The maximum atomic E-state index is 12.9. The molecule has 0 aliphatic carbocycles. The molecule has 0 amide bonds. The van der Waals surface area contributed by atoms with Gasteiger partial charge >= 0.3 is 11.9 Å². The smallest absolute Gasteiger partial charge is 0.294 e. The number of carbonyl (C=O) groups excluding carboxylic acids is 1. The molecule has 0 bridgehead atoms. The van der Waals surface area contributed by atoms with E-state index < -0.39 is 24.8 Å². The summed E-state index contributed by atoms with van der Waals surface area (Å²) in [6.45, 7) is -0.942. The van der Waals surface area contributed by atoms with Crippen LogP contribution >= 0.6 is 23.2 Å². The number of halogens is 5. The second-order valence-corrected chi connectivity index (χ2v) is 7.86. The van der Waals surface area contributed by atoms with E-state index in [4.69, 9.17) is 23.2 Å². The van der Waals surface area contributed by atoms with Crippen molar-refractivity contribution in [3.63, 3.8) is 0 Å². The van der Waals surface area contributed by atoms with Crippen LogP contribution in [0.15, 0.2) is 47.4 Å². The third-order valence-electron chi connectivity index (χ3n) is 4.66. The van der Waals surface area contributed by atoms with E-state index in [-0.39, 0.29) is 34.9 Å². The molecule has 3 heterocycles. The highest BCUT2D eigenvalue weighted by atomic mass is 35.5. The highest BCUT2D eigenvalue weighted by Gasteiger charge is 2.28. The molecular weight excluding hydrogens is 498 g/mol. The lowest BCUT2D eigenvalue weighted by atomic mass is 10.2. The van der Waals surface area contributed by atoms with Crippen LogP contribution in [-0.4, -0.2) is 46.6 Å². The minimum atomic E-state index is -4.47. The fraction of sp³-hybridized carbons (Fsp3) is 0.200. The average Bonchev–Trinajstić information content (AvgIpc) is 3.33. The third-order valence-corrected chi connectivity index (χ3v) is 5.20. The van der Waals surface area contributed by atoms with Crippen LogP contribution in [0.5, 0.6) is 0 Å². The Morgan fingerprint density at radius 3 is 2.44 bits per heavy atom. The van der Waals surface area contributed by atoms with Gasteiger partial charge < -0.3 is 0 Å². The van der Waals surface area contributed by atoms with Crippen LogP contribution in [0.4, 0.5) is 13.2 Å². The molecule has 34 heavy (non-hydrogen) atoms. The molecule has 0 saturated carbocycles. The molecule has 0 spiro atoms. The summed E-state index contributed by atoms with van der Waals surface area (Å²) in [5.41, 5.74) is -0.399. The number of pyridine rings is 1. The predicted molar refractivity (Wildman–Crippen MR) is 116 cm³/mol. The van der Waals surface area contributed by atoms with Gasteiger partial charge in [-0.2, -0.15) is 17.9 Å². The molecule has 0 fully saturated rings. The van der Waals surface area contributed by atoms with Crippen molar-refractivity contribution in [2.75, 3.05) is 0 Å². The van der Waals surface area contributed by atoms with Gasteiger partial charge in [-0.05, 0) is 36.4 Å². The summed E-state index contributed by atoms with van der Waals surface area (Å²) in [4.78, 5) is 32.6.